The van der Waals surface area contributed by atoms with Gasteiger partial charge in [0.05, 0.1) is 6.61 Å². The molecular weight excluding hydrogens is 188 g/mol. The number of hydrogen-bond donors (Lipinski definition) is 0. The Morgan fingerprint density at radius 3 is 2.53 bits per heavy atom. The predicted octanol–water partition coefficient (Wildman–Crippen LogP) is 2.57. The van der Waals surface area contributed by atoms with Gasteiger partial charge in [-0.1, -0.05) is 31.2 Å². The maximum absolute atomic E-state index is 10.4. The van der Waals surface area contributed by atoms with Gasteiger partial charge in [0.15, 0.2) is 0 Å². The van der Waals surface area contributed by atoms with Crippen LogP contribution in [0, 0.1) is 0 Å². The first-order valence-electron chi connectivity index (χ1n) is 5.29. The number of ether oxygens (including phenoxy) is 1. The van der Waals surface area contributed by atoms with Crippen molar-refractivity contribution in [2.75, 3.05) is 13.7 Å². The molecular formula is C13H18O2. The minimum absolute atomic E-state index is 0.318. The van der Waals surface area contributed by atoms with Crippen molar-refractivity contribution in [2.45, 2.75) is 25.7 Å². The zero-order valence-corrected chi connectivity index (χ0v) is 9.40. The van der Waals surface area contributed by atoms with E-state index in [0.29, 0.717) is 12.3 Å². The molecule has 82 valence electrons. The fourth-order valence-electron chi connectivity index (χ4n) is 1.51. The highest BCUT2D eigenvalue weighted by molar-refractivity contribution is 5.51. The number of carbonyl (C=O) groups is 1. The maximum Gasteiger partial charge on any atom is 0.120 e. The van der Waals surface area contributed by atoms with Crippen molar-refractivity contribution in [2.24, 2.45) is 0 Å². The Morgan fingerprint density at radius 2 is 2.00 bits per heavy atom. The Labute approximate surface area is 91.3 Å². The zero-order chi connectivity index (χ0) is 11.1. The predicted molar refractivity (Wildman–Crippen MR) is 61.1 cm³/mol. The number of rotatable bonds is 6. The standard InChI is InChI=1S/C13H18O2/c1-11(7-9-14)13-5-3-12(4-6-13)8-10-15-2/h3-6,9,11H,7-8,10H2,1-2H3. The van der Waals surface area contributed by atoms with Gasteiger partial charge in [0.1, 0.15) is 6.29 Å². The quantitative estimate of drug-likeness (QED) is 0.669. The Balaban J connectivity index is 2.59. The lowest BCUT2D eigenvalue weighted by molar-refractivity contribution is -0.108. The van der Waals surface area contributed by atoms with Crippen LogP contribution in [0.2, 0.25) is 0 Å². The molecule has 0 bridgehead atoms. The summed E-state index contributed by atoms with van der Waals surface area (Å²) in [7, 11) is 1.71. The summed E-state index contributed by atoms with van der Waals surface area (Å²) in [6, 6.07) is 8.41. The summed E-state index contributed by atoms with van der Waals surface area (Å²) in [5, 5.41) is 0. The average molecular weight is 206 g/mol. The molecule has 0 spiro atoms. The van der Waals surface area contributed by atoms with Crippen LogP contribution in [-0.4, -0.2) is 20.0 Å². The molecule has 15 heavy (non-hydrogen) atoms. The monoisotopic (exact) mass is 206 g/mol. The Morgan fingerprint density at radius 1 is 1.33 bits per heavy atom. The van der Waals surface area contributed by atoms with Crippen LogP contribution in [0.1, 0.15) is 30.4 Å². The molecule has 1 aromatic rings. The average Bonchev–Trinajstić information content (AvgIpc) is 2.27. The van der Waals surface area contributed by atoms with Crippen molar-refractivity contribution in [3.63, 3.8) is 0 Å². The normalized spacial score (nSPS) is 12.4. The second kappa shape index (κ2) is 6.36. The second-order valence-corrected chi connectivity index (χ2v) is 3.79. The Hall–Kier alpha value is -1.15. The second-order valence-electron chi connectivity index (χ2n) is 3.79. The fraction of sp³-hybridized carbons (Fsp3) is 0.462. The van der Waals surface area contributed by atoms with Crippen molar-refractivity contribution in [3.05, 3.63) is 35.4 Å². The van der Waals surface area contributed by atoms with Crippen LogP contribution >= 0.6 is 0 Å². The molecule has 0 N–H and O–H groups in total. The number of aldehydes is 1. The highest BCUT2D eigenvalue weighted by Crippen LogP contribution is 2.18. The highest BCUT2D eigenvalue weighted by atomic mass is 16.5. The lowest BCUT2D eigenvalue weighted by Gasteiger charge is -2.08. The third kappa shape index (κ3) is 3.84. The number of hydrogen-bond acceptors (Lipinski definition) is 2. The van der Waals surface area contributed by atoms with Gasteiger partial charge in [-0.3, -0.25) is 0 Å². The molecule has 0 aliphatic carbocycles. The van der Waals surface area contributed by atoms with Gasteiger partial charge in [0.2, 0.25) is 0 Å². The molecule has 0 saturated carbocycles. The zero-order valence-electron chi connectivity index (χ0n) is 9.40. The lowest BCUT2D eigenvalue weighted by Crippen LogP contribution is -1.97. The van der Waals surface area contributed by atoms with Gasteiger partial charge < -0.3 is 9.53 Å². The van der Waals surface area contributed by atoms with E-state index >= 15 is 0 Å². The summed E-state index contributed by atoms with van der Waals surface area (Å²) >= 11 is 0. The molecule has 1 aromatic carbocycles. The molecule has 0 aliphatic heterocycles. The minimum atomic E-state index is 0.318. The SMILES string of the molecule is COCCc1ccc(C(C)CC=O)cc1. The summed E-state index contributed by atoms with van der Waals surface area (Å²) in [6.45, 7) is 2.82. The van der Waals surface area contributed by atoms with E-state index in [-0.39, 0.29) is 0 Å². The van der Waals surface area contributed by atoms with Crippen LogP contribution < -0.4 is 0 Å². The van der Waals surface area contributed by atoms with E-state index in [2.05, 4.69) is 31.2 Å². The van der Waals surface area contributed by atoms with E-state index in [1.54, 1.807) is 7.11 Å². The van der Waals surface area contributed by atoms with E-state index < -0.39 is 0 Å². The number of methoxy groups -OCH3 is 1. The van der Waals surface area contributed by atoms with Gasteiger partial charge in [0.25, 0.3) is 0 Å². The summed E-state index contributed by atoms with van der Waals surface area (Å²) in [5.41, 5.74) is 2.50. The van der Waals surface area contributed by atoms with Crippen LogP contribution in [0.15, 0.2) is 24.3 Å². The molecule has 0 heterocycles. The summed E-state index contributed by atoms with van der Waals surface area (Å²) in [6.07, 6.45) is 2.51. The molecule has 2 heteroatoms. The fourth-order valence-corrected chi connectivity index (χ4v) is 1.51. The Kier molecular flexibility index (Phi) is 5.05. The summed E-state index contributed by atoms with van der Waals surface area (Å²) in [5.74, 6) is 0.318. The first kappa shape index (κ1) is 11.9. The summed E-state index contributed by atoms with van der Waals surface area (Å²) < 4.78 is 5.02. The van der Waals surface area contributed by atoms with E-state index in [0.717, 1.165) is 19.3 Å². The van der Waals surface area contributed by atoms with Crippen molar-refractivity contribution < 1.29 is 9.53 Å². The lowest BCUT2D eigenvalue weighted by atomic mass is 9.97. The third-order valence-electron chi connectivity index (χ3n) is 2.59. The van der Waals surface area contributed by atoms with E-state index in [1.807, 2.05) is 0 Å². The molecule has 2 nitrogen and oxygen atoms in total. The van der Waals surface area contributed by atoms with Gasteiger partial charge in [-0.2, -0.15) is 0 Å². The van der Waals surface area contributed by atoms with E-state index in [1.165, 1.54) is 11.1 Å². The number of carbonyl (C=O) groups excluding carboxylic acids is 1. The van der Waals surface area contributed by atoms with Gasteiger partial charge in [-0.15, -0.1) is 0 Å². The molecule has 0 aromatic heterocycles. The van der Waals surface area contributed by atoms with Crippen LogP contribution in [0.25, 0.3) is 0 Å². The molecule has 0 radical (unpaired) electrons. The van der Waals surface area contributed by atoms with E-state index in [9.17, 15) is 4.79 Å². The minimum Gasteiger partial charge on any atom is -0.384 e. The van der Waals surface area contributed by atoms with Crippen LogP contribution in [0.5, 0.6) is 0 Å². The maximum atomic E-state index is 10.4. The van der Waals surface area contributed by atoms with Crippen LogP contribution in [0.4, 0.5) is 0 Å². The molecule has 0 fully saturated rings. The Bertz CT molecular complexity index is 290. The number of benzene rings is 1. The van der Waals surface area contributed by atoms with Crippen molar-refractivity contribution in [3.8, 4) is 0 Å². The van der Waals surface area contributed by atoms with Crippen molar-refractivity contribution in [1.29, 1.82) is 0 Å². The first-order chi connectivity index (χ1) is 7.27. The third-order valence-corrected chi connectivity index (χ3v) is 2.59. The van der Waals surface area contributed by atoms with Crippen LogP contribution in [-0.2, 0) is 16.0 Å². The van der Waals surface area contributed by atoms with Crippen molar-refractivity contribution >= 4 is 6.29 Å². The molecule has 0 saturated heterocycles. The molecule has 1 atom stereocenters. The topological polar surface area (TPSA) is 26.3 Å². The molecule has 0 aliphatic rings. The van der Waals surface area contributed by atoms with Gasteiger partial charge in [0, 0.05) is 13.5 Å². The smallest absolute Gasteiger partial charge is 0.120 e. The van der Waals surface area contributed by atoms with Crippen molar-refractivity contribution in [1.82, 2.24) is 0 Å². The largest absolute Gasteiger partial charge is 0.384 e. The molecule has 0 amide bonds. The van der Waals surface area contributed by atoms with Crippen LogP contribution in [0.3, 0.4) is 0 Å². The van der Waals surface area contributed by atoms with E-state index in [4.69, 9.17) is 4.74 Å². The molecule has 1 unspecified atom stereocenters. The highest BCUT2D eigenvalue weighted by Gasteiger charge is 2.04. The summed E-state index contributed by atoms with van der Waals surface area (Å²) in [4.78, 5) is 10.4. The van der Waals surface area contributed by atoms with Gasteiger partial charge >= 0.3 is 0 Å². The van der Waals surface area contributed by atoms with Gasteiger partial charge in [-0.25, -0.2) is 0 Å². The van der Waals surface area contributed by atoms with Gasteiger partial charge in [-0.05, 0) is 23.5 Å². The first-order valence-corrected chi connectivity index (χ1v) is 5.29. The molecule has 1 rings (SSSR count).